The maximum Gasteiger partial charge on any atom is 0.276 e. The third-order valence-electron chi connectivity index (χ3n) is 2.97. The van der Waals surface area contributed by atoms with E-state index in [9.17, 15) is 13.2 Å². The summed E-state index contributed by atoms with van der Waals surface area (Å²) in [6.07, 6.45) is 1.90. The van der Waals surface area contributed by atoms with Crippen LogP contribution in [-0.4, -0.2) is 42.0 Å². The van der Waals surface area contributed by atoms with Crippen LogP contribution in [0, 0.1) is 6.92 Å². The van der Waals surface area contributed by atoms with E-state index in [-0.39, 0.29) is 28.2 Å². The lowest BCUT2D eigenvalue weighted by Gasteiger charge is -2.19. The number of primary sulfonamides is 1. The van der Waals surface area contributed by atoms with E-state index in [1.807, 2.05) is 6.92 Å². The highest BCUT2D eigenvalue weighted by Crippen LogP contribution is 2.29. The molecule has 0 spiro atoms. The molecule has 1 saturated carbocycles. The van der Waals surface area contributed by atoms with E-state index >= 15 is 0 Å². The van der Waals surface area contributed by atoms with Crippen LogP contribution in [0.3, 0.4) is 0 Å². The number of H-pyrrole nitrogens is 1. The van der Waals surface area contributed by atoms with Crippen LogP contribution in [0.15, 0.2) is 4.90 Å². The zero-order chi connectivity index (χ0) is 13.5. The molecule has 0 unspecified atom stereocenters. The second-order valence-corrected chi connectivity index (χ2v) is 5.89. The summed E-state index contributed by atoms with van der Waals surface area (Å²) in [7, 11) is -3.95. The standard InChI is InChI=1S/C10H16N4O3S/c1-3-14(7-4-5-7)10(15)8-9(18(11,16)17)6(2)12-13-8/h7H,3-5H2,1-2H3,(H,12,13)(H2,11,16,17). The number of hydrogen-bond donors (Lipinski definition) is 2. The molecule has 1 aliphatic carbocycles. The van der Waals surface area contributed by atoms with Gasteiger partial charge in [0, 0.05) is 12.6 Å². The summed E-state index contributed by atoms with van der Waals surface area (Å²) in [4.78, 5) is 13.7. The maximum atomic E-state index is 12.3. The number of aromatic nitrogens is 2. The average Bonchev–Trinajstić information content (AvgIpc) is 3.00. The molecule has 100 valence electrons. The predicted octanol–water partition coefficient (Wildman–Crippen LogP) is -0.00998. The Labute approximate surface area is 105 Å². The Kier molecular flexibility index (Phi) is 3.16. The zero-order valence-electron chi connectivity index (χ0n) is 10.3. The molecule has 2 rings (SSSR count). The van der Waals surface area contributed by atoms with Gasteiger partial charge in [-0.3, -0.25) is 9.89 Å². The first-order valence-corrected chi connectivity index (χ1v) is 7.29. The van der Waals surface area contributed by atoms with Crippen molar-refractivity contribution in [2.24, 2.45) is 5.14 Å². The molecule has 1 fully saturated rings. The number of nitrogens with zero attached hydrogens (tertiary/aromatic N) is 2. The fourth-order valence-corrected chi connectivity index (χ4v) is 2.88. The minimum absolute atomic E-state index is 0.108. The van der Waals surface area contributed by atoms with Gasteiger partial charge < -0.3 is 4.90 Å². The molecule has 0 saturated heterocycles. The van der Waals surface area contributed by atoms with Crippen LogP contribution < -0.4 is 5.14 Å². The van der Waals surface area contributed by atoms with Crippen LogP contribution in [0.5, 0.6) is 0 Å². The van der Waals surface area contributed by atoms with Gasteiger partial charge in [-0.15, -0.1) is 0 Å². The molecular weight excluding hydrogens is 256 g/mol. The summed E-state index contributed by atoms with van der Waals surface area (Å²) < 4.78 is 23.0. The number of aromatic amines is 1. The Morgan fingerprint density at radius 1 is 1.56 bits per heavy atom. The molecule has 8 heteroatoms. The first-order chi connectivity index (χ1) is 8.36. The molecule has 0 atom stereocenters. The molecule has 1 aromatic rings. The number of carbonyl (C=O) groups is 1. The van der Waals surface area contributed by atoms with Crippen LogP contribution in [0.2, 0.25) is 0 Å². The van der Waals surface area contributed by atoms with Crippen LogP contribution in [0.4, 0.5) is 0 Å². The second kappa shape index (κ2) is 4.36. The van der Waals surface area contributed by atoms with Gasteiger partial charge in [0.2, 0.25) is 10.0 Å². The van der Waals surface area contributed by atoms with Crippen molar-refractivity contribution in [1.82, 2.24) is 15.1 Å². The van der Waals surface area contributed by atoms with Gasteiger partial charge in [0.1, 0.15) is 4.90 Å². The van der Waals surface area contributed by atoms with E-state index in [0.29, 0.717) is 6.54 Å². The molecule has 1 aliphatic rings. The molecule has 0 aliphatic heterocycles. The number of amides is 1. The predicted molar refractivity (Wildman–Crippen MR) is 64.4 cm³/mol. The van der Waals surface area contributed by atoms with Gasteiger partial charge in [-0.2, -0.15) is 5.10 Å². The van der Waals surface area contributed by atoms with Crippen molar-refractivity contribution in [3.8, 4) is 0 Å². The number of sulfonamides is 1. The number of nitrogens with two attached hydrogens (primary N) is 1. The van der Waals surface area contributed by atoms with E-state index < -0.39 is 10.0 Å². The third-order valence-corrected chi connectivity index (χ3v) is 4.04. The largest absolute Gasteiger partial charge is 0.335 e. The highest BCUT2D eigenvalue weighted by atomic mass is 32.2. The van der Waals surface area contributed by atoms with Crippen molar-refractivity contribution in [1.29, 1.82) is 0 Å². The molecule has 18 heavy (non-hydrogen) atoms. The first kappa shape index (κ1) is 13.0. The number of hydrogen-bond acceptors (Lipinski definition) is 4. The fraction of sp³-hybridized carbons (Fsp3) is 0.600. The number of aryl methyl sites for hydroxylation is 1. The molecule has 7 nitrogen and oxygen atoms in total. The minimum atomic E-state index is -3.95. The smallest absolute Gasteiger partial charge is 0.276 e. The van der Waals surface area contributed by atoms with E-state index in [0.717, 1.165) is 12.8 Å². The van der Waals surface area contributed by atoms with Crippen molar-refractivity contribution < 1.29 is 13.2 Å². The fourth-order valence-electron chi connectivity index (χ4n) is 2.00. The van der Waals surface area contributed by atoms with Crippen LogP contribution in [0.25, 0.3) is 0 Å². The molecule has 0 aromatic carbocycles. The highest BCUT2D eigenvalue weighted by Gasteiger charge is 2.35. The number of carbonyl (C=O) groups excluding carboxylic acids is 1. The molecule has 1 amide bonds. The molecule has 0 radical (unpaired) electrons. The third kappa shape index (κ3) is 2.25. The summed E-state index contributed by atoms with van der Waals surface area (Å²) in [6, 6.07) is 0.202. The summed E-state index contributed by atoms with van der Waals surface area (Å²) in [5.41, 5.74) is 0.177. The molecule has 0 bridgehead atoms. The minimum Gasteiger partial charge on any atom is -0.335 e. The average molecular weight is 272 g/mol. The summed E-state index contributed by atoms with van der Waals surface area (Å²) in [5, 5.41) is 11.4. The quantitative estimate of drug-likeness (QED) is 0.803. The Hall–Kier alpha value is -1.41. The monoisotopic (exact) mass is 272 g/mol. The van der Waals surface area contributed by atoms with Gasteiger partial charge in [0.05, 0.1) is 5.69 Å². The second-order valence-electron chi connectivity index (χ2n) is 4.39. The molecule has 1 heterocycles. The Balaban J connectivity index is 2.42. The van der Waals surface area contributed by atoms with Crippen molar-refractivity contribution in [2.75, 3.05) is 6.54 Å². The maximum absolute atomic E-state index is 12.3. The van der Waals surface area contributed by atoms with Gasteiger partial charge in [-0.1, -0.05) is 0 Å². The van der Waals surface area contributed by atoms with Gasteiger partial charge >= 0.3 is 0 Å². The summed E-state index contributed by atoms with van der Waals surface area (Å²) in [6.45, 7) is 3.91. The number of nitrogens with one attached hydrogen (secondary N) is 1. The van der Waals surface area contributed by atoms with E-state index in [1.165, 1.54) is 6.92 Å². The van der Waals surface area contributed by atoms with Crippen LogP contribution >= 0.6 is 0 Å². The lowest BCUT2D eigenvalue weighted by molar-refractivity contribution is 0.0742. The van der Waals surface area contributed by atoms with E-state index in [4.69, 9.17) is 5.14 Å². The number of rotatable bonds is 4. The van der Waals surface area contributed by atoms with Gasteiger partial charge in [0.15, 0.2) is 5.69 Å². The molecular formula is C10H16N4O3S. The SMILES string of the molecule is CCN(C(=O)c1n[nH]c(C)c1S(N)(=O)=O)C1CC1. The Morgan fingerprint density at radius 2 is 2.17 bits per heavy atom. The lowest BCUT2D eigenvalue weighted by atomic mass is 10.3. The normalized spacial score (nSPS) is 15.7. The van der Waals surface area contributed by atoms with Gasteiger partial charge in [-0.05, 0) is 26.7 Å². The summed E-state index contributed by atoms with van der Waals surface area (Å²) >= 11 is 0. The Morgan fingerprint density at radius 3 is 2.61 bits per heavy atom. The van der Waals surface area contributed by atoms with Crippen LogP contribution in [0.1, 0.15) is 35.9 Å². The van der Waals surface area contributed by atoms with Crippen molar-refractivity contribution in [2.45, 2.75) is 37.6 Å². The van der Waals surface area contributed by atoms with E-state index in [2.05, 4.69) is 10.2 Å². The zero-order valence-corrected chi connectivity index (χ0v) is 11.1. The lowest BCUT2D eigenvalue weighted by Crippen LogP contribution is -2.34. The van der Waals surface area contributed by atoms with Gasteiger partial charge in [-0.25, -0.2) is 13.6 Å². The van der Waals surface area contributed by atoms with Crippen molar-refractivity contribution >= 4 is 15.9 Å². The van der Waals surface area contributed by atoms with E-state index in [1.54, 1.807) is 4.90 Å². The van der Waals surface area contributed by atoms with Crippen molar-refractivity contribution in [3.63, 3.8) is 0 Å². The highest BCUT2D eigenvalue weighted by molar-refractivity contribution is 7.89. The summed E-state index contributed by atoms with van der Waals surface area (Å²) in [5.74, 6) is -0.381. The molecule has 1 aromatic heterocycles. The molecule has 3 N–H and O–H groups in total. The van der Waals surface area contributed by atoms with Gasteiger partial charge in [0.25, 0.3) is 5.91 Å². The van der Waals surface area contributed by atoms with Crippen LogP contribution in [-0.2, 0) is 10.0 Å². The Bertz CT molecular complexity index is 574. The first-order valence-electron chi connectivity index (χ1n) is 5.75. The topological polar surface area (TPSA) is 109 Å². The van der Waals surface area contributed by atoms with Crippen molar-refractivity contribution in [3.05, 3.63) is 11.4 Å².